The molecule has 0 heterocycles. The SMILES string of the molecule is CC[C@@H](OS(=O)(=O)c1ccccc1[N+](=O)[O-])[C@@H](C)[C@H](F)C=NOC.CC[C@H](C)[C@@H](C)[C@H](F)C=NOC. The summed E-state index contributed by atoms with van der Waals surface area (Å²) in [6.07, 6.45) is -0.334. The number of nitro groups is 1. The van der Waals surface area contributed by atoms with Crippen LogP contribution in [0.1, 0.15) is 47.5 Å². The second-order valence-electron chi connectivity index (χ2n) is 8.09. The molecule has 0 N–H and O–H groups in total. The van der Waals surface area contributed by atoms with Crippen LogP contribution in [0.5, 0.6) is 0 Å². The van der Waals surface area contributed by atoms with Crippen LogP contribution in [0.3, 0.4) is 0 Å². The molecule has 0 unspecified atom stereocenters. The van der Waals surface area contributed by atoms with Gasteiger partial charge in [0.15, 0.2) is 4.90 Å². The molecular weight excluding hydrogens is 500 g/mol. The number of nitro benzene ring substituents is 1. The highest BCUT2D eigenvalue weighted by Gasteiger charge is 2.33. The van der Waals surface area contributed by atoms with E-state index in [-0.39, 0.29) is 12.3 Å². The molecule has 0 amide bonds. The number of nitrogens with zero attached hydrogens (tertiary/aromatic N) is 3. The van der Waals surface area contributed by atoms with E-state index in [4.69, 9.17) is 4.18 Å². The predicted molar refractivity (Wildman–Crippen MR) is 134 cm³/mol. The zero-order valence-electron chi connectivity index (χ0n) is 21.7. The second kappa shape index (κ2) is 16.9. The zero-order chi connectivity index (χ0) is 27.9. The average Bonchev–Trinajstić information content (AvgIpc) is 2.87. The smallest absolute Gasteiger partial charge is 0.304 e. The van der Waals surface area contributed by atoms with E-state index >= 15 is 0 Å². The molecule has 0 fully saturated rings. The van der Waals surface area contributed by atoms with Gasteiger partial charge in [0.05, 0.1) is 23.5 Å². The fourth-order valence-electron chi connectivity index (χ4n) is 2.96. The van der Waals surface area contributed by atoms with Gasteiger partial charge in [-0.15, -0.1) is 0 Å². The standard InChI is InChI=1S/C14H19FN2O6S.C9H18FNO/c1-4-13(10(2)11(15)9-16-22-3)23-24(20,21)14-8-6-5-7-12(14)17(18)19;1-5-7(2)8(3)9(10)6-11-12-4/h5-11,13H,4H2,1-3H3;6-9H,5H2,1-4H3/t10-,11+,13+;7-,8+,9+/m00/s1. The van der Waals surface area contributed by atoms with Gasteiger partial charge in [0, 0.05) is 12.0 Å². The number of hydrogen-bond acceptors (Lipinski definition) is 9. The summed E-state index contributed by atoms with van der Waals surface area (Å²) in [5, 5.41) is 17.7. The van der Waals surface area contributed by atoms with Gasteiger partial charge in [0.25, 0.3) is 5.69 Å². The largest absolute Gasteiger partial charge is 0.399 e. The van der Waals surface area contributed by atoms with Gasteiger partial charge >= 0.3 is 10.1 Å². The molecule has 0 saturated carbocycles. The number of alkyl halides is 2. The molecule has 0 bridgehead atoms. The summed E-state index contributed by atoms with van der Waals surface area (Å²) in [5.41, 5.74) is -0.599. The Kier molecular flexibility index (Phi) is 15.6. The van der Waals surface area contributed by atoms with E-state index in [1.807, 2.05) is 13.8 Å². The Morgan fingerprint density at radius 2 is 1.47 bits per heavy atom. The lowest BCUT2D eigenvalue weighted by Crippen LogP contribution is -2.32. The molecule has 0 saturated heterocycles. The molecule has 0 spiro atoms. The number of hydrogen-bond donors (Lipinski definition) is 0. The van der Waals surface area contributed by atoms with Crippen molar-refractivity contribution in [1.29, 1.82) is 0 Å². The summed E-state index contributed by atoms with van der Waals surface area (Å²) in [6.45, 7) is 9.06. The first-order chi connectivity index (χ1) is 16.9. The molecule has 0 aliphatic rings. The minimum Gasteiger partial charge on any atom is -0.399 e. The van der Waals surface area contributed by atoms with Gasteiger partial charge in [-0.3, -0.25) is 14.3 Å². The molecule has 1 aromatic carbocycles. The molecule has 0 aliphatic carbocycles. The van der Waals surface area contributed by atoms with Crippen molar-refractivity contribution in [3.63, 3.8) is 0 Å². The quantitative estimate of drug-likeness (QED) is 0.136. The van der Waals surface area contributed by atoms with Gasteiger partial charge in [0.2, 0.25) is 0 Å². The highest BCUT2D eigenvalue weighted by atomic mass is 32.2. The number of rotatable bonds is 14. The Bertz CT molecular complexity index is 947. The fraction of sp³-hybridized carbons (Fsp3) is 0.652. The van der Waals surface area contributed by atoms with Crippen molar-refractivity contribution in [1.82, 2.24) is 0 Å². The van der Waals surface area contributed by atoms with Crippen molar-refractivity contribution in [3.8, 4) is 0 Å². The fourth-order valence-corrected chi connectivity index (χ4v) is 4.35. The molecule has 36 heavy (non-hydrogen) atoms. The van der Waals surface area contributed by atoms with Crippen molar-refractivity contribution >= 4 is 28.2 Å². The van der Waals surface area contributed by atoms with E-state index in [1.54, 1.807) is 6.92 Å². The van der Waals surface area contributed by atoms with Crippen LogP contribution in [0, 0.1) is 27.9 Å². The van der Waals surface area contributed by atoms with Crippen molar-refractivity contribution < 1.29 is 36.0 Å². The number of para-hydroxylation sites is 1. The molecule has 0 aliphatic heterocycles. The summed E-state index contributed by atoms with van der Waals surface area (Å²) in [4.78, 5) is 18.4. The second-order valence-corrected chi connectivity index (χ2v) is 9.63. The van der Waals surface area contributed by atoms with Crippen LogP contribution in [0.25, 0.3) is 0 Å². The van der Waals surface area contributed by atoms with E-state index in [1.165, 1.54) is 39.5 Å². The van der Waals surface area contributed by atoms with Crippen LogP contribution in [0.15, 0.2) is 39.5 Å². The lowest BCUT2D eigenvalue weighted by molar-refractivity contribution is -0.387. The molecule has 206 valence electrons. The van der Waals surface area contributed by atoms with Gasteiger partial charge in [0.1, 0.15) is 26.6 Å². The summed E-state index contributed by atoms with van der Waals surface area (Å²) in [7, 11) is -1.77. The van der Waals surface area contributed by atoms with Crippen molar-refractivity contribution in [3.05, 3.63) is 34.4 Å². The molecule has 1 rings (SSSR count). The average molecular weight is 538 g/mol. The minimum absolute atomic E-state index is 0.00824. The van der Waals surface area contributed by atoms with E-state index in [2.05, 4.69) is 26.9 Å². The Morgan fingerprint density at radius 1 is 0.972 bits per heavy atom. The topological polar surface area (TPSA) is 130 Å². The van der Waals surface area contributed by atoms with Gasteiger partial charge < -0.3 is 9.68 Å². The van der Waals surface area contributed by atoms with Crippen molar-refractivity contribution in [2.45, 2.75) is 70.8 Å². The third kappa shape index (κ3) is 10.9. The van der Waals surface area contributed by atoms with E-state index in [9.17, 15) is 27.3 Å². The van der Waals surface area contributed by atoms with Crippen LogP contribution in [0.2, 0.25) is 0 Å². The van der Waals surface area contributed by atoms with Crippen molar-refractivity contribution in [2.75, 3.05) is 14.2 Å². The van der Waals surface area contributed by atoms with Crippen molar-refractivity contribution in [2.24, 2.45) is 28.1 Å². The maximum Gasteiger partial charge on any atom is 0.304 e. The Balaban J connectivity index is 0.000000860. The van der Waals surface area contributed by atoms with Crippen LogP contribution < -0.4 is 0 Å². The lowest BCUT2D eigenvalue weighted by Gasteiger charge is -2.23. The maximum absolute atomic E-state index is 14.0. The van der Waals surface area contributed by atoms with E-state index < -0.39 is 50.0 Å². The Hall–Kier alpha value is -2.67. The first kappa shape index (κ1) is 33.3. The Morgan fingerprint density at radius 3 is 1.92 bits per heavy atom. The lowest BCUT2D eigenvalue weighted by atomic mass is 9.90. The van der Waals surface area contributed by atoms with E-state index in [0.717, 1.165) is 24.8 Å². The summed E-state index contributed by atoms with van der Waals surface area (Å²) in [5.74, 6) is -0.469. The molecule has 0 aromatic heterocycles. The normalized spacial score (nSPS) is 16.9. The highest BCUT2D eigenvalue weighted by molar-refractivity contribution is 7.87. The monoisotopic (exact) mass is 537 g/mol. The molecule has 10 nitrogen and oxygen atoms in total. The number of benzene rings is 1. The molecule has 6 atom stereocenters. The van der Waals surface area contributed by atoms with Crippen LogP contribution >= 0.6 is 0 Å². The summed E-state index contributed by atoms with van der Waals surface area (Å²) in [6, 6.07) is 4.82. The molecule has 0 radical (unpaired) electrons. The molecular formula is C23H37F2N3O7S. The van der Waals surface area contributed by atoms with Crippen LogP contribution in [0.4, 0.5) is 14.5 Å². The predicted octanol–water partition coefficient (Wildman–Crippen LogP) is 5.32. The third-order valence-electron chi connectivity index (χ3n) is 5.73. The maximum atomic E-state index is 14.0. The van der Waals surface area contributed by atoms with Gasteiger partial charge in [-0.2, -0.15) is 8.42 Å². The van der Waals surface area contributed by atoms with Gasteiger partial charge in [-0.25, -0.2) is 8.78 Å². The first-order valence-corrected chi connectivity index (χ1v) is 12.9. The number of oxime groups is 2. The minimum atomic E-state index is -4.43. The zero-order valence-corrected chi connectivity index (χ0v) is 22.5. The summed E-state index contributed by atoms with van der Waals surface area (Å²) >= 11 is 0. The van der Waals surface area contributed by atoms with Gasteiger partial charge in [-0.1, -0.05) is 63.5 Å². The summed E-state index contributed by atoms with van der Waals surface area (Å²) < 4.78 is 57.0. The van der Waals surface area contributed by atoms with Gasteiger partial charge in [-0.05, 0) is 24.3 Å². The molecule has 13 heteroatoms. The van der Waals surface area contributed by atoms with Crippen LogP contribution in [-0.2, 0) is 24.0 Å². The highest BCUT2D eigenvalue weighted by Crippen LogP contribution is 2.28. The third-order valence-corrected chi connectivity index (χ3v) is 7.12. The Labute approximate surface area is 211 Å². The molecule has 1 aromatic rings. The first-order valence-electron chi connectivity index (χ1n) is 11.5. The van der Waals surface area contributed by atoms with Crippen LogP contribution in [-0.4, -0.2) is 58.4 Å². The van der Waals surface area contributed by atoms with E-state index in [0.29, 0.717) is 5.92 Å². The number of halogens is 2.